The van der Waals surface area contributed by atoms with E-state index in [1.54, 1.807) is 24.3 Å². The molecule has 1 aliphatic rings. The van der Waals surface area contributed by atoms with Gasteiger partial charge in [-0.05, 0) is 36.1 Å². The maximum absolute atomic E-state index is 13.3. The number of esters is 1. The summed E-state index contributed by atoms with van der Waals surface area (Å²) >= 11 is 0. The van der Waals surface area contributed by atoms with Crippen molar-refractivity contribution in [2.45, 2.75) is 24.5 Å². The van der Waals surface area contributed by atoms with Gasteiger partial charge in [0.05, 0.1) is 0 Å². The average molecular weight is 428 g/mol. The Morgan fingerprint density at radius 3 is 2.09 bits per heavy atom. The highest BCUT2D eigenvalue weighted by atomic mass is 16.6. The summed E-state index contributed by atoms with van der Waals surface area (Å²) in [4.78, 5) is 15.6. The summed E-state index contributed by atoms with van der Waals surface area (Å²) in [5.74, 6) is -0.624. The Labute approximate surface area is 189 Å². The first-order valence-electron chi connectivity index (χ1n) is 11.1. The van der Waals surface area contributed by atoms with Crippen molar-refractivity contribution >= 4 is 12.0 Å². The van der Waals surface area contributed by atoms with Crippen LogP contribution in [-0.2, 0) is 15.1 Å². The number of carbonyl (C=O) groups excluding carboxylic acids is 1. The zero-order valence-corrected chi connectivity index (χ0v) is 18.1. The third kappa shape index (κ3) is 5.16. The predicted molar refractivity (Wildman–Crippen MR) is 127 cm³/mol. The molecule has 1 unspecified atom stereocenters. The van der Waals surface area contributed by atoms with Crippen LogP contribution in [0.4, 0.5) is 0 Å². The molecule has 0 bridgehead atoms. The van der Waals surface area contributed by atoms with Crippen molar-refractivity contribution < 1.29 is 14.6 Å². The van der Waals surface area contributed by atoms with Gasteiger partial charge >= 0.3 is 5.97 Å². The minimum absolute atomic E-state index is 0.250. The molecule has 0 radical (unpaired) electrons. The molecule has 4 heteroatoms. The topological polar surface area (TPSA) is 49.8 Å². The van der Waals surface area contributed by atoms with Gasteiger partial charge in [-0.15, -0.1) is 0 Å². The van der Waals surface area contributed by atoms with Gasteiger partial charge in [0.15, 0.2) is 0 Å². The number of nitrogens with zero attached hydrogens (tertiary/aromatic N) is 1. The van der Waals surface area contributed by atoms with Crippen LogP contribution >= 0.6 is 0 Å². The van der Waals surface area contributed by atoms with Crippen LogP contribution in [0.5, 0.6) is 0 Å². The van der Waals surface area contributed by atoms with Crippen molar-refractivity contribution in [3.05, 3.63) is 114 Å². The first-order chi connectivity index (χ1) is 15.7. The molecule has 32 heavy (non-hydrogen) atoms. The highest BCUT2D eigenvalue weighted by Gasteiger charge is 2.43. The van der Waals surface area contributed by atoms with Gasteiger partial charge in [0.1, 0.15) is 6.10 Å². The minimum atomic E-state index is -1.84. The first-order valence-corrected chi connectivity index (χ1v) is 11.1. The van der Waals surface area contributed by atoms with E-state index in [2.05, 4.69) is 29.2 Å². The van der Waals surface area contributed by atoms with Crippen molar-refractivity contribution in [1.82, 2.24) is 4.90 Å². The first kappa shape index (κ1) is 22.0. The predicted octanol–water partition coefficient (Wildman–Crippen LogP) is 4.64. The number of hydrogen-bond donors (Lipinski definition) is 1. The number of aliphatic hydroxyl groups is 1. The van der Waals surface area contributed by atoms with Crippen LogP contribution in [0.3, 0.4) is 0 Å². The lowest BCUT2D eigenvalue weighted by molar-refractivity contribution is -0.170. The molecule has 0 amide bonds. The number of benzene rings is 3. The van der Waals surface area contributed by atoms with Crippen LogP contribution in [-0.4, -0.2) is 41.7 Å². The summed E-state index contributed by atoms with van der Waals surface area (Å²) in [5.41, 5.74) is 0.352. The lowest BCUT2D eigenvalue weighted by Gasteiger charge is -2.34. The second-order valence-corrected chi connectivity index (χ2v) is 8.18. The average Bonchev–Trinajstić information content (AvgIpc) is 2.85. The molecule has 1 fully saturated rings. The standard InChI is InChI=1S/C28H29NO3/c30-27(28(31,24-15-6-2-7-16-24)25-17-8-3-9-18-25)32-26-19-11-21-29(22-26)20-10-14-23-12-4-1-5-13-23/h1-10,12-18,26,31H,11,19-22H2/b14-10+. The van der Waals surface area contributed by atoms with Crippen LogP contribution in [0.1, 0.15) is 29.5 Å². The van der Waals surface area contributed by atoms with Gasteiger partial charge in [-0.25, -0.2) is 4.79 Å². The number of likely N-dealkylation sites (tertiary alicyclic amines) is 1. The Morgan fingerprint density at radius 1 is 0.938 bits per heavy atom. The monoisotopic (exact) mass is 427 g/mol. The van der Waals surface area contributed by atoms with E-state index in [1.807, 2.05) is 54.6 Å². The summed E-state index contributed by atoms with van der Waals surface area (Å²) in [5, 5.41) is 11.6. The second-order valence-electron chi connectivity index (χ2n) is 8.18. The highest BCUT2D eigenvalue weighted by Crippen LogP contribution is 2.32. The van der Waals surface area contributed by atoms with E-state index in [1.165, 1.54) is 5.56 Å². The molecule has 1 aliphatic heterocycles. The number of ether oxygens (including phenoxy) is 1. The van der Waals surface area contributed by atoms with Gasteiger partial charge in [-0.1, -0.05) is 103 Å². The zero-order chi connectivity index (χ0) is 22.2. The Bertz CT molecular complexity index is 979. The molecule has 1 atom stereocenters. The maximum Gasteiger partial charge on any atom is 0.348 e. The number of hydrogen-bond acceptors (Lipinski definition) is 4. The molecule has 3 aromatic carbocycles. The van der Waals surface area contributed by atoms with Crippen molar-refractivity contribution in [1.29, 1.82) is 0 Å². The Morgan fingerprint density at radius 2 is 1.50 bits per heavy atom. The number of piperidine rings is 1. The molecular formula is C28H29NO3. The third-order valence-electron chi connectivity index (χ3n) is 5.89. The molecule has 0 aliphatic carbocycles. The van der Waals surface area contributed by atoms with Gasteiger partial charge in [0.25, 0.3) is 0 Å². The molecule has 4 nitrogen and oxygen atoms in total. The summed E-state index contributed by atoms with van der Waals surface area (Å²) in [6, 6.07) is 28.2. The van der Waals surface area contributed by atoms with Crippen LogP contribution in [0.25, 0.3) is 6.08 Å². The largest absolute Gasteiger partial charge is 0.458 e. The van der Waals surface area contributed by atoms with Gasteiger partial charge in [0.2, 0.25) is 5.60 Å². The van der Waals surface area contributed by atoms with E-state index < -0.39 is 11.6 Å². The molecule has 0 aromatic heterocycles. The quantitative estimate of drug-likeness (QED) is 0.558. The third-order valence-corrected chi connectivity index (χ3v) is 5.89. The smallest absolute Gasteiger partial charge is 0.348 e. The summed E-state index contributed by atoms with van der Waals surface area (Å²) in [7, 11) is 0. The summed E-state index contributed by atoms with van der Waals surface area (Å²) < 4.78 is 5.91. The minimum Gasteiger partial charge on any atom is -0.458 e. The van der Waals surface area contributed by atoms with E-state index in [4.69, 9.17) is 4.74 Å². The molecule has 3 aromatic rings. The molecule has 164 valence electrons. The van der Waals surface area contributed by atoms with Crippen molar-refractivity contribution in [2.24, 2.45) is 0 Å². The fraction of sp³-hybridized carbons (Fsp3) is 0.250. The van der Waals surface area contributed by atoms with Crippen LogP contribution in [0, 0.1) is 0 Å². The second kappa shape index (κ2) is 10.4. The molecular weight excluding hydrogens is 398 g/mol. The highest BCUT2D eigenvalue weighted by molar-refractivity contribution is 5.85. The van der Waals surface area contributed by atoms with Gasteiger partial charge in [-0.3, -0.25) is 4.90 Å². The fourth-order valence-electron chi connectivity index (χ4n) is 4.17. The van der Waals surface area contributed by atoms with Crippen molar-refractivity contribution in [3.8, 4) is 0 Å². The zero-order valence-electron chi connectivity index (χ0n) is 18.1. The van der Waals surface area contributed by atoms with E-state index in [0.29, 0.717) is 17.7 Å². The van der Waals surface area contributed by atoms with Crippen molar-refractivity contribution in [2.75, 3.05) is 19.6 Å². The number of rotatable bonds is 7. The van der Waals surface area contributed by atoms with E-state index in [0.717, 1.165) is 25.9 Å². The normalized spacial score (nSPS) is 17.3. The van der Waals surface area contributed by atoms with Crippen LogP contribution in [0.15, 0.2) is 97.1 Å². The molecule has 0 spiro atoms. The molecule has 0 saturated carbocycles. The molecule has 1 N–H and O–H groups in total. The van der Waals surface area contributed by atoms with Gasteiger partial charge in [0, 0.05) is 13.1 Å². The van der Waals surface area contributed by atoms with E-state index in [9.17, 15) is 9.90 Å². The Hall–Kier alpha value is -3.21. The SMILES string of the molecule is O=C(OC1CCCN(C/C=C/c2ccccc2)C1)C(O)(c1ccccc1)c1ccccc1. The lowest BCUT2D eigenvalue weighted by Crippen LogP contribution is -2.45. The Kier molecular flexibility index (Phi) is 7.15. The lowest BCUT2D eigenvalue weighted by atomic mass is 9.86. The van der Waals surface area contributed by atoms with E-state index in [-0.39, 0.29) is 6.10 Å². The number of carbonyl (C=O) groups is 1. The van der Waals surface area contributed by atoms with E-state index >= 15 is 0 Å². The van der Waals surface area contributed by atoms with Crippen LogP contribution in [0.2, 0.25) is 0 Å². The summed E-state index contributed by atoms with van der Waals surface area (Å²) in [6.07, 6.45) is 5.75. The summed E-state index contributed by atoms with van der Waals surface area (Å²) in [6.45, 7) is 2.42. The maximum atomic E-state index is 13.3. The molecule has 4 rings (SSSR count). The fourth-order valence-corrected chi connectivity index (χ4v) is 4.17. The van der Waals surface area contributed by atoms with Gasteiger partial charge < -0.3 is 9.84 Å². The molecule has 1 saturated heterocycles. The molecule has 1 heterocycles. The van der Waals surface area contributed by atoms with Crippen LogP contribution < -0.4 is 0 Å². The van der Waals surface area contributed by atoms with Gasteiger partial charge in [-0.2, -0.15) is 0 Å². The van der Waals surface area contributed by atoms with Crippen molar-refractivity contribution in [3.63, 3.8) is 0 Å². The Balaban J connectivity index is 1.44.